The number of halogens is 2. The molecule has 0 bridgehead atoms. The van der Waals surface area contributed by atoms with E-state index in [2.05, 4.69) is 15.1 Å². The maximum Gasteiger partial charge on any atom is 0.236 e. The lowest BCUT2D eigenvalue weighted by atomic mass is 10.1. The van der Waals surface area contributed by atoms with E-state index in [1.807, 2.05) is 17.9 Å². The number of carbonyl (C=O) groups excluding carboxylic acids is 2. The molecule has 0 aliphatic carbocycles. The van der Waals surface area contributed by atoms with Crippen LogP contribution in [0, 0.1) is 0 Å². The van der Waals surface area contributed by atoms with Crippen LogP contribution in [0.2, 0.25) is 10.0 Å². The second-order valence-electron chi connectivity index (χ2n) is 7.60. The van der Waals surface area contributed by atoms with Gasteiger partial charge in [-0.05, 0) is 37.5 Å². The largest absolute Gasteiger partial charge is 0.348 e. The Balaban J connectivity index is 1.40. The first kappa shape index (κ1) is 21.4. The van der Waals surface area contributed by atoms with E-state index in [0.29, 0.717) is 23.1 Å². The number of nitrogens with one attached hydrogen (secondary N) is 1. The normalized spacial score (nSPS) is 19.6. The molecule has 0 aromatic heterocycles. The van der Waals surface area contributed by atoms with Gasteiger partial charge in [0.05, 0.1) is 19.1 Å². The predicted molar refractivity (Wildman–Crippen MR) is 112 cm³/mol. The van der Waals surface area contributed by atoms with Crippen molar-refractivity contribution in [2.45, 2.75) is 25.8 Å². The van der Waals surface area contributed by atoms with Crippen LogP contribution in [0.25, 0.3) is 0 Å². The molecule has 28 heavy (non-hydrogen) atoms. The van der Waals surface area contributed by atoms with Crippen LogP contribution < -0.4 is 5.32 Å². The van der Waals surface area contributed by atoms with Crippen molar-refractivity contribution in [2.24, 2.45) is 0 Å². The Morgan fingerprint density at radius 2 is 1.61 bits per heavy atom. The van der Waals surface area contributed by atoms with E-state index in [1.165, 1.54) is 0 Å². The molecule has 2 amide bonds. The lowest BCUT2D eigenvalue weighted by Crippen LogP contribution is -2.51. The van der Waals surface area contributed by atoms with Gasteiger partial charge in [0.2, 0.25) is 11.8 Å². The molecule has 2 heterocycles. The van der Waals surface area contributed by atoms with Crippen LogP contribution in [0.15, 0.2) is 18.2 Å². The maximum atomic E-state index is 12.4. The minimum atomic E-state index is -0.184. The summed E-state index contributed by atoms with van der Waals surface area (Å²) < 4.78 is 0. The third-order valence-corrected chi connectivity index (χ3v) is 6.02. The second-order valence-corrected chi connectivity index (χ2v) is 8.44. The molecule has 2 fully saturated rings. The average Bonchev–Trinajstić information content (AvgIpc) is 3.18. The van der Waals surface area contributed by atoms with Crippen molar-refractivity contribution in [1.82, 2.24) is 20.0 Å². The monoisotopic (exact) mass is 426 g/mol. The summed E-state index contributed by atoms with van der Waals surface area (Å²) in [6, 6.07) is 5.11. The Labute approximate surface area is 176 Å². The summed E-state index contributed by atoms with van der Waals surface area (Å²) in [6.45, 7) is 7.75. The fourth-order valence-corrected chi connectivity index (χ4v) is 4.36. The zero-order valence-electron chi connectivity index (χ0n) is 16.3. The highest BCUT2D eigenvalue weighted by molar-refractivity contribution is 6.35. The van der Waals surface area contributed by atoms with Gasteiger partial charge in [0.1, 0.15) is 0 Å². The fourth-order valence-electron chi connectivity index (χ4n) is 3.78. The minimum Gasteiger partial charge on any atom is -0.348 e. The molecule has 2 saturated heterocycles. The molecule has 6 nitrogen and oxygen atoms in total. The van der Waals surface area contributed by atoms with Gasteiger partial charge >= 0.3 is 0 Å². The van der Waals surface area contributed by atoms with E-state index in [9.17, 15) is 9.59 Å². The molecular weight excluding hydrogens is 399 g/mol. The van der Waals surface area contributed by atoms with Crippen molar-refractivity contribution >= 4 is 35.0 Å². The predicted octanol–water partition coefficient (Wildman–Crippen LogP) is 2.41. The third-order valence-electron chi connectivity index (χ3n) is 5.46. The molecule has 1 unspecified atom stereocenters. The number of carbonyl (C=O) groups is 2. The zero-order chi connectivity index (χ0) is 20.1. The highest BCUT2D eigenvalue weighted by Gasteiger charge is 2.24. The van der Waals surface area contributed by atoms with Crippen molar-refractivity contribution in [1.29, 1.82) is 0 Å². The van der Waals surface area contributed by atoms with Crippen molar-refractivity contribution in [2.75, 3.05) is 52.4 Å². The third kappa shape index (κ3) is 5.83. The molecule has 8 heteroatoms. The molecule has 1 N–H and O–H groups in total. The first-order valence-corrected chi connectivity index (χ1v) is 10.6. The molecule has 2 aliphatic heterocycles. The van der Waals surface area contributed by atoms with Crippen LogP contribution in [0.3, 0.4) is 0 Å². The summed E-state index contributed by atoms with van der Waals surface area (Å²) in [4.78, 5) is 30.9. The number of amides is 2. The van der Waals surface area contributed by atoms with Crippen LogP contribution in [-0.2, 0) is 9.59 Å². The van der Waals surface area contributed by atoms with Gasteiger partial charge in [-0.1, -0.05) is 29.3 Å². The first-order valence-electron chi connectivity index (χ1n) is 9.89. The van der Waals surface area contributed by atoms with Crippen LogP contribution in [0.5, 0.6) is 0 Å². The number of likely N-dealkylation sites (tertiary alicyclic amines) is 1. The zero-order valence-corrected chi connectivity index (χ0v) is 17.8. The number of rotatable bonds is 6. The molecule has 1 atom stereocenters. The Morgan fingerprint density at radius 3 is 2.21 bits per heavy atom. The molecule has 3 rings (SSSR count). The lowest BCUT2D eigenvalue weighted by molar-refractivity contribution is -0.132. The van der Waals surface area contributed by atoms with Crippen molar-refractivity contribution in [3.05, 3.63) is 33.8 Å². The number of piperazine rings is 1. The highest BCUT2D eigenvalue weighted by atomic mass is 35.5. The number of benzene rings is 1. The van der Waals surface area contributed by atoms with Gasteiger partial charge in [-0.15, -0.1) is 0 Å². The van der Waals surface area contributed by atoms with Gasteiger partial charge < -0.3 is 10.2 Å². The molecule has 1 aromatic rings. The van der Waals surface area contributed by atoms with E-state index in [1.54, 1.807) is 12.1 Å². The van der Waals surface area contributed by atoms with Crippen LogP contribution in [-0.4, -0.2) is 78.9 Å². The Kier molecular flexibility index (Phi) is 7.57. The SMILES string of the molecule is CC(NC(=O)CN1CCN(CC(=O)N2CCCC2)CC1)c1ccc(Cl)cc1Cl. The van der Waals surface area contributed by atoms with Gasteiger partial charge in [0, 0.05) is 49.3 Å². The Hall–Kier alpha value is -1.34. The van der Waals surface area contributed by atoms with Crippen molar-refractivity contribution < 1.29 is 9.59 Å². The van der Waals surface area contributed by atoms with E-state index in [0.717, 1.165) is 57.7 Å². The molecule has 2 aliphatic rings. The summed E-state index contributed by atoms with van der Waals surface area (Å²) in [6.07, 6.45) is 2.24. The van der Waals surface area contributed by atoms with Crippen molar-refractivity contribution in [3.8, 4) is 0 Å². The molecule has 1 aromatic carbocycles. The molecule has 0 saturated carbocycles. The van der Waals surface area contributed by atoms with Crippen LogP contribution >= 0.6 is 23.2 Å². The van der Waals surface area contributed by atoms with Crippen LogP contribution in [0.4, 0.5) is 0 Å². The van der Waals surface area contributed by atoms with E-state index < -0.39 is 0 Å². The highest BCUT2D eigenvalue weighted by Crippen LogP contribution is 2.26. The number of nitrogens with zero attached hydrogens (tertiary/aromatic N) is 3. The fraction of sp³-hybridized carbons (Fsp3) is 0.600. The summed E-state index contributed by atoms with van der Waals surface area (Å²) in [7, 11) is 0. The van der Waals surface area contributed by atoms with E-state index >= 15 is 0 Å². The van der Waals surface area contributed by atoms with Gasteiger partial charge in [-0.25, -0.2) is 0 Å². The second kappa shape index (κ2) is 9.92. The van der Waals surface area contributed by atoms with E-state index in [-0.39, 0.29) is 17.9 Å². The standard InChI is InChI=1S/C20H28Cl2N4O2/c1-15(17-5-4-16(21)12-18(17)22)23-19(27)13-24-8-10-25(11-9-24)14-20(28)26-6-2-3-7-26/h4-5,12,15H,2-3,6-11,13-14H2,1H3,(H,23,27). The Morgan fingerprint density at radius 1 is 1.00 bits per heavy atom. The van der Waals surface area contributed by atoms with E-state index in [4.69, 9.17) is 23.2 Å². The average molecular weight is 427 g/mol. The lowest BCUT2D eigenvalue weighted by Gasteiger charge is -2.34. The number of hydrogen-bond donors (Lipinski definition) is 1. The summed E-state index contributed by atoms with van der Waals surface area (Å²) in [5, 5.41) is 4.13. The smallest absolute Gasteiger partial charge is 0.236 e. The number of hydrogen-bond acceptors (Lipinski definition) is 4. The van der Waals surface area contributed by atoms with Crippen LogP contribution in [0.1, 0.15) is 31.4 Å². The summed E-state index contributed by atoms with van der Waals surface area (Å²) >= 11 is 12.2. The van der Waals surface area contributed by atoms with Crippen molar-refractivity contribution in [3.63, 3.8) is 0 Å². The topological polar surface area (TPSA) is 55.9 Å². The molecule has 0 spiro atoms. The Bertz CT molecular complexity index is 701. The maximum absolute atomic E-state index is 12.4. The van der Waals surface area contributed by atoms with Gasteiger partial charge in [0.15, 0.2) is 0 Å². The summed E-state index contributed by atoms with van der Waals surface area (Å²) in [5.41, 5.74) is 0.852. The van der Waals surface area contributed by atoms with Gasteiger partial charge in [-0.2, -0.15) is 0 Å². The minimum absolute atomic E-state index is 0.0277. The molecule has 154 valence electrons. The van der Waals surface area contributed by atoms with Gasteiger partial charge in [-0.3, -0.25) is 19.4 Å². The summed E-state index contributed by atoms with van der Waals surface area (Å²) in [5.74, 6) is 0.206. The van der Waals surface area contributed by atoms with Gasteiger partial charge in [0.25, 0.3) is 0 Å². The quantitative estimate of drug-likeness (QED) is 0.758. The molecule has 0 radical (unpaired) electrons. The molecular formula is C20H28Cl2N4O2. The first-order chi connectivity index (χ1) is 13.4.